The summed E-state index contributed by atoms with van der Waals surface area (Å²) in [7, 11) is -3.80. The van der Waals surface area contributed by atoms with E-state index in [1.807, 2.05) is 0 Å². The molecule has 9 nitrogen and oxygen atoms in total. The van der Waals surface area contributed by atoms with E-state index in [0.717, 1.165) is 24.6 Å². The third kappa shape index (κ3) is 4.26. The number of rotatable bonds is 6. The van der Waals surface area contributed by atoms with Crippen molar-refractivity contribution >= 4 is 44.6 Å². The second-order valence-electron chi connectivity index (χ2n) is 7.60. The lowest BCUT2D eigenvalue weighted by atomic mass is 9.98. The van der Waals surface area contributed by atoms with E-state index in [4.69, 9.17) is 0 Å². The highest BCUT2D eigenvalue weighted by molar-refractivity contribution is 7.89. The van der Waals surface area contributed by atoms with Crippen LogP contribution in [0.1, 0.15) is 32.6 Å². The monoisotopic (exact) mass is 437 g/mol. The lowest BCUT2D eigenvalue weighted by Gasteiger charge is -2.31. The van der Waals surface area contributed by atoms with Crippen molar-refractivity contribution in [1.82, 2.24) is 23.7 Å². The summed E-state index contributed by atoms with van der Waals surface area (Å²) in [6.07, 6.45) is 3.11. The number of carbonyl (C=O) groups is 2. The van der Waals surface area contributed by atoms with Crippen LogP contribution in [0.2, 0.25) is 0 Å². The van der Waals surface area contributed by atoms with E-state index in [-0.39, 0.29) is 29.3 Å². The van der Waals surface area contributed by atoms with Crippen molar-refractivity contribution in [2.24, 2.45) is 5.92 Å². The molecule has 11 heteroatoms. The zero-order valence-corrected chi connectivity index (χ0v) is 17.6. The number of carbonyl (C=O) groups excluding carboxylic acids is 2. The summed E-state index contributed by atoms with van der Waals surface area (Å²) in [5, 5.41) is 5.59. The highest BCUT2D eigenvalue weighted by atomic mass is 32.2. The van der Waals surface area contributed by atoms with E-state index in [0.29, 0.717) is 30.4 Å². The molecule has 4 rings (SSSR count). The Labute approximate surface area is 173 Å². The van der Waals surface area contributed by atoms with Gasteiger partial charge < -0.3 is 10.6 Å². The Morgan fingerprint density at radius 2 is 2.03 bits per heavy atom. The van der Waals surface area contributed by atoms with E-state index >= 15 is 0 Å². The molecule has 0 unspecified atom stereocenters. The molecule has 1 saturated carbocycles. The Balaban J connectivity index is 1.45. The summed E-state index contributed by atoms with van der Waals surface area (Å²) in [6, 6.07) is 4.46. The van der Waals surface area contributed by atoms with Crippen LogP contribution in [-0.4, -0.2) is 58.5 Å². The summed E-state index contributed by atoms with van der Waals surface area (Å²) >= 11 is 0.968. The first kappa shape index (κ1) is 20.2. The zero-order chi connectivity index (χ0) is 20.6. The number of sulfonamides is 1. The van der Waals surface area contributed by atoms with Crippen LogP contribution in [0.3, 0.4) is 0 Å². The topological polar surface area (TPSA) is 121 Å². The second-order valence-corrected chi connectivity index (χ2v) is 10.0. The third-order valence-electron chi connectivity index (χ3n) is 5.30. The Bertz CT molecular complexity index is 1030. The van der Waals surface area contributed by atoms with Crippen LogP contribution in [0, 0.1) is 5.92 Å². The number of hydrogen-bond acceptors (Lipinski definition) is 7. The summed E-state index contributed by atoms with van der Waals surface area (Å²) in [5.41, 5.74) is 0.896. The van der Waals surface area contributed by atoms with E-state index in [2.05, 4.69) is 19.4 Å². The van der Waals surface area contributed by atoms with Gasteiger partial charge in [-0.05, 0) is 44.7 Å². The van der Waals surface area contributed by atoms with Crippen LogP contribution < -0.4 is 10.6 Å². The van der Waals surface area contributed by atoms with Crippen LogP contribution in [0.4, 0.5) is 0 Å². The maximum Gasteiger partial charge on any atom is 0.245 e. The first-order chi connectivity index (χ1) is 13.9. The average Bonchev–Trinajstić information content (AvgIpc) is 3.39. The minimum absolute atomic E-state index is 0.0824. The van der Waals surface area contributed by atoms with Gasteiger partial charge in [0.2, 0.25) is 21.8 Å². The molecule has 0 spiro atoms. The van der Waals surface area contributed by atoms with Crippen molar-refractivity contribution in [3.8, 4) is 0 Å². The molecule has 1 aromatic heterocycles. The fourth-order valence-electron chi connectivity index (χ4n) is 3.45. The molecule has 1 aliphatic carbocycles. The molecule has 1 aliphatic heterocycles. The normalized spacial score (nSPS) is 21.6. The van der Waals surface area contributed by atoms with E-state index in [9.17, 15) is 18.0 Å². The Kier molecular flexibility index (Phi) is 5.54. The molecular weight excluding hydrogens is 414 g/mol. The SMILES string of the molecule is C[C@@H](NC(=O)[C@@H]1CCCN(S(=O)(=O)c2cccc3nsnc23)C1)C(=O)NC1CC1. The van der Waals surface area contributed by atoms with Gasteiger partial charge >= 0.3 is 0 Å². The van der Waals surface area contributed by atoms with Gasteiger partial charge in [0, 0.05) is 19.1 Å². The number of hydrogen-bond donors (Lipinski definition) is 2. The van der Waals surface area contributed by atoms with Gasteiger partial charge in [0.05, 0.1) is 17.6 Å². The first-order valence-electron chi connectivity index (χ1n) is 9.68. The van der Waals surface area contributed by atoms with E-state index < -0.39 is 22.0 Å². The molecule has 2 aliphatic rings. The van der Waals surface area contributed by atoms with E-state index in [1.54, 1.807) is 19.1 Å². The van der Waals surface area contributed by atoms with E-state index in [1.165, 1.54) is 10.4 Å². The predicted molar refractivity (Wildman–Crippen MR) is 108 cm³/mol. The van der Waals surface area contributed by atoms with Crippen LogP contribution in [0.15, 0.2) is 23.1 Å². The molecule has 2 heterocycles. The van der Waals surface area contributed by atoms with Crippen LogP contribution >= 0.6 is 11.7 Å². The number of aromatic nitrogens is 2. The molecule has 1 saturated heterocycles. The van der Waals surface area contributed by atoms with Crippen LogP contribution in [-0.2, 0) is 19.6 Å². The molecule has 0 bridgehead atoms. The maximum absolute atomic E-state index is 13.2. The van der Waals surface area contributed by atoms with Crippen molar-refractivity contribution in [1.29, 1.82) is 0 Å². The van der Waals surface area contributed by atoms with Gasteiger partial charge in [0.1, 0.15) is 22.0 Å². The van der Waals surface area contributed by atoms with Crippen molar-refractivity contribution in [3.63, 3.8) is 0 Å². The lowest BCUT2D eigenvalue weighted by Crippen LogP contribution is -2.50. The summed E-state index contributed by atoms with van der Waals surface area (Å²) in [5.74, 6) is -0.997. The summed E-state index contributed by atoms with van der Waals surface area (Å²) in [4.78, 5) is 24.8. The van der Waals surface area contributed by atoms with Crippen LogP contribution in [0.5, 0.6) is 0 Å². The number of piperidine rings is 1. The van der Waals surface area contributed by atoms with Crippen molar-refractivity contribution < 1.29 is 18.0 Å². The molecule has 2 fully saturated rings. The van der Waals surface area contributed by atoms with Gasteiger partial charge in [0.25, 0.3) is 0 Å². The Hall–Kier alpha value is -2.11. The molecule has 156 valence electrons. The van der Waals surface area contributed by atoms with Gasteiger partial charge in [0.15, 0.2) is 0 Å². The van der Waals surface area contributed by atoms with Gasteiger partial charge in [-0.25, -0.2) is 8.42 Å². The van der Waals surface area contributed by atoms with Gasteiger partial charge in [-0.2, -0.15) is 13.1 Å². The minimum Gasteiger partial charge on any atom is -0.352 e. The molecule has 29 heavy (non-hydrogen) atoms. The highest BCUT2D eigenvalue weighted by Crippen LogP contribution is 2.28. The van der Waals surface area contributed by atoms with Gasteiger partial charge in [-0.1, -0.05) is 6.07 Å². The third-order valence-corrected chi connectivity index (χ3v) is 7.74. The van der Waals surface area contributed by atoms with Crippen LogP contribution in [0.25, 0.3) is 11.0 Å². The Morgan fingerprint density at radius 3 is 2.79 bits per heavy atom. The van der Waals surface area contributed by atoms with Gasteiger partial charge in [-0.3, -0.25) is 9.59 Å². The molecular formula is C18H23N5O4S2. The number of benzene rings is 1. The number of nitrogens with one attached hydrogen (secondary N) is 2. The second kappa shape index (κ2) is 7.96. The quantitative estimate of drug-likeness (QED) is 0.692. The molecule has 2 amide bonds. The maximum atomic E-state index is 13.2. The standard InChI is InChI=1S/C18H23N5O4S2/c1-11(17(24)20-13-7-8-13)19-18(25)12-4-3-9-23(10-12)29(26,27)15-6-2-5-14-16(15)22-28-21-14/h2,5-6,11-13H,3-4,7-10H2,1H3,(H,19,25)(H,20,24)/t11-,12-/m1/s1. The van der Waals surface area contributed by atoms with Crippen molar-refractivity contribution in [2.45, 2.75) is 49.6 Å². The average molecular weight is 438 g/mol. The molecule has 2 N–H and O–H groups in total. The fourth-order valence-corrected chi connectivity index (χ4v) is 5.73. The fraction of sp³-hybridized carbons (Fsp3) is 0.556. The smallest absolute Gasteiger partial charge is 0.245 e. The summed E-state index contributed by atoms with van der Waals surface area (Å²) in [6.45, 7) is 2.07. The first-order valence-corrected chi connectivity index (χ1v) is 11.9. The Morgan fingerprint density at radius 1 is 1.24 bits per heavy atom. The summed E-state index contributed by atoms with van der Waals surface area (Å²) < 4.78 is 35.9. The zero-order valence-electron chi connectivity index (χ0n) is 16.0. The predicted octanol–water partition coefficient (Wildman–Crippen LogP) is 0.875. The largest absolute Gasteiger partial charge is 0.352 e. The molecule has 2 aromatic rings. The molecule has 0 radical (unpaired) electrons. The van der Waals surface area contributed by atoms with Gasteiger partial charge in [-0.15, -0.1) is 0 Å². The highest BCUT2D eigenvalue weighted by Gasteiger charge is 2.35. The molecule has 1 aromatic carbocycles. The lowest BCUT2D eigenvalue weighted by molar-refractivity contribution is -0.131. The number of fused-ring (bicyclic) bond motifs is 1. The number of nitrogens with zero attached hydrogens (tertiary/aromatic N) is 3. The van der Waals surface area contributed by atoms with Crippen molar-refractivity contribution in [3.05, 3.63) is 18.2 Å². The number of amides is 2. The minimum atomic E-state index is -3.80. The molecule has 2 atom stereocenters. The van der Waals surface area contributed by atoms with Crippen molar-refractivity contribution in [2.75, 3.05) is 13.1 Å².